The summed E-state index contributed by atoms with van der Waals surface area (Å²) in [6.07, 6.45) is 0.828. The van der Waals surface area contributed by atoms with Crippen molar-refractivity contribution in [2.45, 2.75) is 12.5 Å². The third-order valence-electron chi connectivity index (χ3n) is 3.38. The third kappa shape index (κ3) is 3.42. The molecule has 0 amide bonds. The van der Waals surface area contributed by atoms with E-state index in [-0.39, 0.29) is 16.7 Å². The van der Waals surface area contributed by atoms with Crippen molar-refractivity contribution in [3.8, 4) is 0 Å². The minimum absolute atomic E-state index is 0.134. The molecule has 0 saturated heterocycles. The van der Waals surface area contributed by atoms with E-state index in [2.05, 4.69) is 17.0 Å². The topological polar surface area (TPSA) is 46.4 Å². The van der Waals surface area contributed by atoms with Crippen molar-refractivity contribution in [2.75, 3.05) is 14.1 Å². The molecule has 2 aromatic rings. The second-order valence-electron chi connectivity index (χ2n) is 5.02. The highest BCUT2D eigenvalue weighted by atomic mass is 16.6. The molecular weight excluding hydrogens is 252 g/mol. The molecule has 0 fully saturated rings. The Morgan fingerprint density at radius 1 is 1.05 bits per heavy atom. The first-order valence-electron chi connectivity index (χ1n) is 6.52. The van der Waals surface area contributed by atoms with E-state index in [4.69, 9.17) is 0 Å². The predicted octanol–water partition coefficient (Wildman–Crippen LogP) is 3.44. The molecule has 20 heavy (non-hydrogen) atoms. The van der Waals surface area contributed by atoms with Gasteiger partial charge in [0.25, 0.3) is 5.69 Å². The SMILES string of the molecule is CN(C)C(Cc1ccc([N+](=O)[O-])cc1)c1ccccc1. The lowest BCUT2D eigenvalue weighted by Crippen LogP contribution is -2.22. The molecule has 0 saturated carbocycles. The average Bonchev–Trinajstić information content (AvgIpc) is 2.46. The van der Waals surface area contributed by atoms with Crippen molar-refractivity contribution in [3.05, 3.63) is 75.8 Å². The summed E-state index contributed by atoms with van der Waals surface area (Å²) in [5, 5.41) is 10.7. The van der Waals surface area contributed by atoms with Gasteiger partial charge < -0.3 is 4.90 Å². The fourth-order valence-electron chi connectivity index (χ4n) is 2.25. The summed E-state index contributed by atoms with van der Waals surface area (Å²) in [5.41, 5.74) is 2.48. The summed E-state index contributed by atoms with van der Waals surface area (Å²) in [7, 11) is 4.09. The molecule has 0 radical (unpaired) electrons. The monoisotopic (exact) mass is 270 g/mol. The number of nitrogens with zero attached hydrogens (tertiary/aromatic N) is 2. The van der Waals surface area contributed by atoms with E-state index in [1.54, 1.807) is 12.1 Å². The van der Waals surface area contributed by atoms with Crippen LogP contribution in [0, 0.1) is 10.1 Å². The van der Waals surface area contributed by atoms with Crippen molar-refractivity contribution < 1.29 is 4.92 Å². The number of nitro groups is 1. The molecule has 2 rings (SSSR count). The van der Waals surface area contributed by atoms with Crippen molar-refractivity contribution in [1.29, 1.82) is 0 Å². The Hall–Kier alpha value is -2.20. The zero-order valence-electron chi connectivity index (χ0n) is 11.7. The van der Waals surface area contributed by atoms with E-state index in [1.165, 1.54) is 5.56 Å². The Kier molecular flexibility index (Phi) is 4.48. The van der Waals surface area contributed by atoms with Gasteiger partial charge in [-0.25, -0.2) is 0 Å². The Morgan fingerprint density at radius 3 is 2.15 bits per heavy atom. The Bertz CT molecular complexity index is 565. The normalized spacial score (nSPS) is 12.3. The highest BCUT2D eigenvalue weighted by Gasteiger charge is 2.15. The summed E-state index contributed by atoms with van der Waals surface area (Å²) in [4.78, 5) is 12.5. The molecule has 0 aliphatic rings. The molecule has 0 bridgehead atoms. The predicted molar refractivity (Wildman–Crippen MR) is 79.7 cm³/mol. The average molecular weight is 270 g/mol. The molecule has 0 spiro atoms. The van der Waals surface area contributed by atoms with E-state index < -0.39 is 0 Å². The van der Waals surface area contributed by atoms with Gasteiger partial charge in [-0.15, -0.1) is 0 Å². The fraction of sp³-hybridized carbons (Fsp3) is 0.250. The van der Waals surface area contributed by atoms with E-state index in [1.807, 2.05) is 44.4 Å². The first-order chi connectivity index (χ1) is 9.58. The molecule has 1 unspecified atom stereocenters. The van der Waals surface area contributed by atoms with Crippen LogP contribution in [0.3, 0.4) is 0 Å². The van der Waals surface area contributed by atoms with Gasteiger partial charge in [0.1, 0.15) is 0 Å². The van der Waals surface area contributed by atoms with Crippen molar-refractivity contribution >= 4 is 5.69 Å². The summed E-state index contributed by atoms with van der Waals surface area (Å²) in [5.74, 6) is 0. The number of rotatable bonds is 5. The number of likely N-dealkylation sites (N-methyl/N-ethyl adjacent to an activating group) is 1. The van der Waals surface area contributed by atoms with Gasteiger partial charge in [-0.05, 0) is 31.6 Å². The van der Waals surface area contributed by atoms with Crippen LogP contribution in [0.4, 0.5) is 5.69 Å². The molecule has 0 N–H and O–H groups in total. The van der Waals surface area contributed by atoms with Crippen molar-refractivity contribution in [2.24, 2.45) is 0 Å². The Balaban J connectivity index is 2.19. The maximum Gasteiger partial charge on any atom is 0.269 e. The largest absolute Gasteiger partial charge is 0.302 e. The summed E-state index contributed by atoms with van der Waals surface area (Å²) in [6, 6.07) is 17.3. The van der Waals surface area contributed by atoms with Crippen LogP contribution in [-0.2, 0) is 6.42 Å². The van der Waals surface area contributed by atoms with E-state index in [0.717, 1.165) is 12.0 Å². The van der Waals surface area contributed by atoms with Gasteiger partial charge >= 0.3 is 0 Å². The molecule has 0 heterocycles. The van der Waals surface area contributed by atoms with Crippen molar-refractivity contribution in [3.63, 3.8) is 0 Å². The highest BCUT2D eigenvalue weighted by molar-refractivity contribution is 5.34. The van der Waals surface area contributed by atoms with Crippen LogP contribution in [0.5, 0.6) is 0 Å². The number of non-ortho nitro benzene ring substituents is 1. The second-order valence-corrected chi connectivity index (χ2v) is 5.02. The van der Waals surface area contributed by atoms with Crippen LogP contribution in [0.25, 0.3) is 0 Å². The van der Waals surface area contributed by atoms with Crippen LogP contribution < -0.4 is 0 Å². The van der Waals surface area contributed by atoms with Crippen LogP contribution in [0.2, 0.25) is 0 Å². The lowest BCUT2D eigenvalue weighted by atomic mass is 9.98. The molecule has 4 nitrogen and oxygen atoms in total. The fourth-order valence-corrected chi connectivity index (χ4v) is 2.25. The molecular formula is C16H18N2O2. The molecule has 2 aromatic carbocycles. The molecule has 0 aliphatic heterocycles. The second kappa shape index (κ2) is 6.30. The lowest BCUT2D eigenvalue weighted by molar-refractivity contribution is -0.384. The lowest BCUT2D eigenvalue weighted by Gasteiger charge is -2.25. The maximum atomic E-state index is 10.7. The number of benzene rings is 2. The Labute approximate surface area is 118 Å². The van der Waals surface area contributed by atoms with Gasteiger partial charge in [0.2, 0.25) is 0 Å². The summed E-state index contributed by atoms with van der Waals surface area (Å²) < 4.78 is 0. The van der Waals surface area contributed by atoms with Crippen LogP contribution in [-0.4, -0.2) is 23.9 Å². The maximum absolute atomic E-state index is 10.7. The van der Waals surface area contributed by atoms with Gasteiger partial charge in [0.15, 0.2) is 0 Å². The van der Waals surface area contributed by atoms with Gasteiger partial charge in [-0.3, -0.25) is 10.1 Å². The minimum Gasteiger partial charge on any atom is -0.302 e. The van der Waals surface area contributed by atoms with E-state index >= 15 is 0 Å². The molecule has 0 aromatic heterocycles. The molecule has 4 heteroatoms. The van der Waals surface area contributed by atoms with Gasteiger partial charge in [-0.2, -0.15) is 0 Å². The molecule has 104 valence electrons. The van der Waals surface area contributed by atoms with Crippen LogP contribution in [0.15, 0.2) is 54.6 Å². The van der Waals surface area contributed by atoms with E-state index in [0.29, 0.717) is 0 Å². The zero-order chi connectivity index (χ0) is 14.5. The third-order valence-corrected chi connectivity index (χ3v) is 3.38. The van der Waals surface area contributed by atoms with Gasteiger partial charge in [-0.1, -0.05) is 42.5 Å². The summed E-state index contributed by atoms with van der Waals surface area (Å²) in [6.45, 7) is 0. The smallest absolute Gasteiger partial charge is 0.269 e. The first kappa shape index (κ1) is 14.2. The number of hydrogen-bond acceptors (Lipinski definition) is 3. The van der Waals surface area contributed by atoms with Crippen LogP contribution >= 0.6 is 0 Å². The number of hydrogen-bond donors (Lipinski definition) is 0. The van der Waals surface area contributed by atoms with E-state index in [9.17, 15) is 10.1 Å². The first-order valence-corrected chi connectivity index (χ1v) is 6.52. The minimum atomic E-state index is -0.371. The molecule has 0 aliphatic carbocycles. The molecule has 1 atom stereocenters. The van der Waals surface area contributed by atoms with Gasteiger partial charge in [0.05, 0.1) is 4.92 Å². The Morgan fingerprint density at radius 2 is 1.65 bits per heavy atom. The zero-order valence-corrected chi connectivity index (χ0v) is 11.7. The quantitative estimate of drug-likeness (QED) is 0.617. The van der Waals surface area contributed by atoms with Gasteiger partial charge in [0, 0.05) is 18.2 Å². The highest BCUT2D eigenvalue weighted by Crippen LogP contribution is 2.23. The standard InChI is InChI=1S/C16H18N2O2/c1-17(2)16(14-6-4-3-5-7-14)12-13-8-10-15(11-9-13)18(19)20/h3-11,16H,12H2,1-2H3. The van der Waals surface area contributed by atoms with Crippen molar-refractivity contribution in [1.82, 2.24) is 4.90 Å². The number of nitro benzene ring substituents is 1. The van der Waals surface area contributed by atoms with Crippen LogP contribution in [0.1, 0.15) is 17.2 Å². The summed E-state index contributed by atoms with van der Waals surface area (Å²) >= 11 is 0.